The first kappa shape index (κ1) is 12.3. The maximum Gasteiger partial charge on any atom is 0.264 e. The van der Waals surface area contributed by atoms with Crippen LogP contribution in [-0.2, 0) is 9.59 Å². The van der Waals surface area contributed by atoms with E-state index in [1.807, 2.05) is 0 Å². The average molecular weight is 287 g/mol. The van der Waals surface area contributed by atoms with Crippen molar-refractivity contribution in [2.45, 2.75) is 31.7 Å². The van der Waals surface area contributed by atoms with Gasteiger partial charge in [-0.15, -0.1) is 0 Å². The van der Waals surface area contributed by atoms with Crippen LogP contribution in [0.25, 0.3) is 0 Å². The number of amides is 2. The summed E-state index contributed by atoms with van der Waals surface area (Å²) in [6.07, 6.45) is 0.00394. The molecule has 1 fully saturated rings. The van der Waals surface area contributed by atoms with E-state index in [0.717, 1.165) is 0 Å². The van der Waals surface area contributed by atoms with Gasteiger partial charge in [0.1, 0.15) is 5.78 Å². The lowest BCUT2D eigenvalue weighted by Crippen LogP contribution is -2.44. The minimum atomic E-state index is -2.04. The van der Waals surface area contributed by atoms with Crippen LogP contribution in [0.15, 0.2) is 18.2 Å². The summed E-state index contributed by atoms with van der Waals surface area (Å²) in [5.74, 6) is -2.43. The van der Waals surface area contributed by atoms with Gasteiger partial charge in [-0.3, -0.25) is 24.1 Å². The average Bonchev–Trinajstić information content (AvgIpc) is 2.63. The Kier molecular flexibility index (Phi) is 2.80. The number of fused-ring (bicyclic) bond motifs is 1. The number of hydrogen-bond acceptors (Lipinski definition) is 5. The van der Waals surface area contributed by atoms with Crippen LogP contribution in [0.1, 0.15) is 47.8 Å². The molecule has 6 heteroatoms. The zero-order valence-corrected chi connectivity index (χ0v) is 11.2. The van der Waals surface area contributed by atoms with E-state index in [9.17, 15) is 19.2 Å². The van der Waals surface area contributed by atoms with Gasteiger partial charge in [0.25, 0.3) is 11.8 Å². The topological polar surface area (TPSA) is 97.5 Å². The van der Waals surface area contributed by atoms with E-state index in [0.29, 0.717) is 4.90 Å². The second-order valence-corrected chi connectivity index (χ2v) is 5.15. The highest BCUT2D eigenvalue weighted by molar-refractivity contribution is 6.25. The Balaban J connectivity index is 2.08. The SMILES string of the molecule is [2H]C1(N2C(=O)c3cccc(N)c3C2=O)CCCC(=O)CC1=O. The largest absolute Gasteiger partial charge is 0.398 e. The molecule has 1 unspecified atom stereocenters. The Morgan fingerprint density at radius 3 is 2.67 bits per heavy atom. The quantitative estimate of drug-likeness (QED) is 0.359. The zero-order chi connectivity index (χ0) is 16.1. The molecule has 0 saturated heterocycles. The van der Waals surface area contributed by atoms with Crippen molar-refractivity contribution >= 4 is 29.1 Å². The summed E-state index contributed by atoms with van der Waals surface area (Å²) in [5.41, 5.74) is 6.01. The lowest BCUT2D eigenvalue weighted by molar-refractivity contribution is -0.128. The van der Waals surface area contributed by atoms with Crippen LogP contribution in [-0.4, -0.2) is 34.3 Å². The van der Waals surface area contributed by atoms with Crippen LogP contribution in [0.2, 0.25) is 0 Å². The van der Waals surface area contributed by atoms with Crippen molar-refractivity contribution in [3.63, 3.8) is 0 Å². The summed E-state index contributed by atoms with van der Waals surface area (Å²) in [4.78, 5) is 49.5. The second kappa shape index (κ2) is 4.80. The van der Waals surface area contributed by atoms with Crippen LogP contribution in [0, 0.1) is 0 Å². The van der Waals surface area contributed by atoms with Crippen LogP contribution in [0.5, 0.6) is 0 Å². The Bertz CT molecular complexity index is 730. The first-order chi connectivity index (χ1) is 10.4. The van der Waals surface area contributed by atoms with Crippen molar-refractivity contribution in [2.75, 3.05) is 5.73 Å². The number of nitrogens with zero attached hydrogens (tertiary/aromatic N) is 1. The third-order valence-electron chi connectivity index (χ3n) is 3.77. The van der Waals surface area contributed by atoms with Gasteiger partial charge in [0.05, 0.1) is 24.9 Å². The normalized spacial score (nSPS) is 26.7. The highest BCUT2D eigenvalue weighted by Crippen LogP contribution is 2.31. The second-order valence-electron chi connectivity index (χ2n) is 5.15. The Labute approximate surface area is 122 Å². The number of imide groups is 1. The number of carbonyl (C=O) groups is 4. The van der Waals surface area contributed by atoms with Crippen molar-refractivity contribution in [3.05, 3.63) is 29.3 Å². The van der Waals surface area contributed by atoms with Gasteiger partial charge in [-0.05, 0) is 25.0 Å². The molecule has 1 aromatic rings. The number of anilines is 1. The number of ketones is 2. The third-order valence-corrected chi connectivity index (χ3v) is 3.77. The maximum atomic E-state index is 12.5. The molecule has 2 aliphatic rings. The minimum Gasteiger partial charge on any atom is -0.398 e. The smallest absolute Gasteiger partial charge is 0.264 e. The zero-order valence-electron chi connectivity index (χ0n) is 12.2. The molecule has 0 spiro atoms. The van der Waals surface area contributed by atoms with Crippen molar-refractivity contribution < 1.29 is 20.5 Å². The summed E-state index contributed by atoms with van der Waals surface area (Å²) in [6, 6.07) is 2.44. The molecule has 6 nitrogen and oxygen atoms in total. The molecular weight excluding hydrogens is 272 g/mol. The third kappa shape index (κ3) is 2.03. The number of Topliss-reactive ketones (excluding diaryl/α,β-unsaturated/α-hetero) is 2. The molecule has 108 valence electrons. The van der Waals surface area contributed by atoms with E-state index in [2.05, 4.69) is 0 Å². The molecule has 1 saturated carbocycles. The lowest BCUT2D eigenvalue weighted by atomic mass is 10.1. The van der Waals surface area contributed by atoms with Gasteiger partial charge in [0, 0.05) is 12.1 Å². The standard InChI is InChI=1S/C15H14N2O4/c16-10-5-2-4-9-13(10)15(21)17(14(9)20)11-6-1-3-8(18)7-12(11)19/h2,4-5,11H,1,3,6-7,16H2/i11D. The number of carbonyl (C=O) groups excluding carboxylic acids is 4. The number of hydrogen-bond donors (Lipinski definition) is 1. The molecule has 0 aromatic heterocycles. The lowest BCUT2D eigenvalue weighted by Gasteiger charge is -2.23. The Morgan fingerprint density at radius 1 is 1.19 bits per heavy atom. The predicted octanol–water partition coefficient (Wildman–Crippen LogP) is 0.946. The molecule has 1 heterocycles. The first-order valence-corrected chi connectivity index (χ1v) is 6.68. The molecule has 21 heavy (non-hydrogen) atoms. The van der Waals surface area contributed by atoms with Gasteiger partial charge in [-0.25, -0.2) is 0 Å². The monoisotopic (exact) mass is 287 g/mol. The Morgan fingerprint density at radius 2 is 1.95 bits per heavy atom. The van der Waals surface area contributed by atoms with E-state index in [1.165, 1.54) is 18.2 Å². The van der Waals surface area contributed by atoms with Gasteiger partial charge >= 0.3 is 0 Å². The highest BCUT2D eigenvalue weighted by Gasteiger charge is 2.44. The van der Waals surface area contributed by atoms with E-state index >= 15 is 0 Å². The number of nitrogen functional groups attached to an aromatic ring is 1. The van der Waals surface area contributed by atoms with E-state index in [-0.39, 0.29) is 41.9 Å². The van der Waals surface area contributed by atoms with Crippen molar-refractivity contribution in [1.29, 1.82) is 0 Å². The molecule has 1 atom stereocenters. The van der Waals surface area contributed by atoms with Crippen LogP contribution in [0.3, 0.4) is 0 Å². The molecule has 3 rings (SSSR count). The molecule has 1 aromatic carbocycles. The molecule has 2 amide bonds. The van der Waals surface area contributed by atoms with E-state index in [1.54, 1.807) is 0 Å². The summed E-state index contributed by atoms with van der Waals surface area (Å²) in [7, 11) is 0. The number of rotatable bonds is 1. The van der Waals surface area contributed by atoms with Crippen LogP contribution in [0.4, 0.5) is 5.69 Å². The maximum absolute atomic E-state index is 12.5. The van der Waals surface area contributed by atoms with Gasteiger partial charge in [0.2, 0.25) is 0 Å². The fraction of sp³-hybridized carbons (Fsp3) is 0.333. The number of nitrogens with two attached hydrogens (primary N) is 1. The molecule has 0 bridgehead atoms. The first-order valence-electron chi connectivity index (χ1n) is 7.18. The Hall–Kier alpha value is -2.50. The minimum absolute atomic E-state index is 0.0301. The number of benzene rings is 1. The van der Waals surface area contributed by atoms with Crippen LogP contribution < -0.4 is 5.73 Å². The van der Waals surface area contributed by atoms with Gasteiger partial charge in [-0.1, -0.05) is 6.07 Å². The summed E-state index contributed by atoms with van der Waals surface area (Å²) in [5, 5.41) is 0. The van der Waals surface area contributed by atoms with Gasteiger partial charge < -0.3 is 5.73 Å². The van der Waals surface area contributed by atoms with Crippen molar-refractivity contribution in [2.24, 2.45) is 0 Å². The van der Waals surface area contributed by atoms with Gasteiger partial charge in [0.15, 0.2) is 5.78 Å². The van der Waals surface area contributed by atoms with Crippen molar-refractivity contribution in [1.82, 2.24) is 4.90 Å². The fourth-order valence-electron chi connectivity index (χ4n) is 2.76. The summed E-state index contributed by atoms with van der Waals surface area (Å²) >= 11 is 0. The molecule has 2 N–H and O–H groups in total. The molecule has 0 radical (unpaired) electrons. The highest BCUT2D eigenvalue weighted by atomic mass is 16.2. The van der Waals surface area contributed by atoms with Gasteiger partial charge in [-0.2, -0.15) is 0 Å². The van der Waals surface area contributed by atoms with Crippen LogP contribution >= 0.6 is 0 Å². The molecular formula is C15H14N2O4. The predicted molar refractivity (Wildman–Crippen MR) is 73.6 cm³/mol. The molecule has 1 aliphatic heterocycles. The van der Waals surface area contributed by atoms with Crippen molar-refractivity contribution in [3.8, 4) is 0 Å². The molecule has 1 aliphatic carbocycles. The summed E-state index contributed by atoms with van der Waals surface area (Å²) < 4.78 is 8.40. The van der Waals surface area contributed by atoms with E-state index < -0.39 is 30.0 Å². The van der Waals surface area contributed by atoms with E-state index in [4.69, 9.17) is 7.10 Å². The fourth-order valence-corrected chi connectivity index (χ4v) is 2.76. The summed E-state index contributed by atoms with van der Waals surface area (Å²) in [6.45, 7) is 0.